The first kappa shape index (κ1) is 22.1. The van der Waals surface area contributed by atoms with Gasteiger partial charge in [-0.1, -0.05) is 19.9 Å². The van der Waals surface area contributed by atoms with Crippen LogP contribution in [0.25, 0.3) is 0 Å². The van der Waals surface area contributed by atoms with Gasteiger partial charge in [0.1, 0.15) is 5.75 Å². The fraction of sp³-hybridized carbons (Fsp3) is 0.364. The molecule has 0 aliphatic carbocycles. The summed E-state index contributed by atoms with van der Waals surface area (Å²) >= 11 is 0. The van der Waals surface area contributed by atoms with Crippen molar-refractivity contribution in [3.8, 4) is 17.2 Å². The maximum absolute atomic E-state index is 12.0. The van der Waals surface area contributed by atoms with Gasteiger partial charge in [0.05, 0.1) is 20.8 Å². The van der Waals surface area contributed by atoms with Crippen molar-refractivity contribution in [3.05, 3.63) is 48.0 Å². The van der Waals surface area contributed by atoms with Gasteiger partial charge in [0, 0.05) is 12.2 Å². The lowest BCUT2D eigenvalue weighted by atomic mass is 10.1. The van der Waals surface area contributed by atoms with Crippen LogP contribution in [0.4, 0.5) is 5.69 Å². The van der Waals surface area contributed by atoms with E-state index in [0.717, 1.165) is 11.3 Å². The molecule has 2 aromatic rings. The largest absolute Gasteiger partial charge is 0.493 e. The third-order valence-corrected chi connectivity index (χ3v) is 4.05. The summed E-state index contributed by atoms with van der Waals surface area (Å²) in [5.74, 6) is 1.00. The molecular formula is C22H28N2O5. The molecule has 7 nitrogen and oxygen atoms in total. The first-order valence-electron chi connectivity index (χ1n) is 9.46. The molecule has 0 unspecified atom stereocenters. The summed E-state index contributed by atoms with van der Waals surface area (Å²) in [6, 6.07) is 12.4. The van der Waals surface area contributed by atoms with E-state index in [4.69, 9.17) is 14.2 Å². The van der Waals surface area contributed by atoms with Crippen molar-refractivity contribution in [2.45, 2.75) is 20.3 Å². The van der Waals surface area contributed by atoms with Crippen LogP contribution in [-0.2, 0) is 16.0 Å². The van der Waals surface area contributed by atoms with Crippen molar-refractivity contribution >= 4 is 17.5 Å². The highest BCUT2D eigenvalue weighted by molar-refractivity contribution is 6.39. The molecule has 0 radical (unpaired) electrons. The highest BCUT2D eigenvalue weighted by Crippen LogP contribution is 2.27. The number of hydrogen-bond acceptors (Lipinski definition) is 5. The molecule has 7 heteroatoms. The number of nitrogens with one attached hydrogen (secondary N) is 2. The Balaban J connectivity index is 1.79. The molecule has 2 rings (SSSR count). The second kappa shape index (κ2) is 10.9. The third kappa shape index (κ3) is 7.03. The summed E-state index contributed by atoms with van der Waals surface area (Å²) in [5.41, 5.74) is 1.49. The van der Waals surface area contributed by atoms with Gasteiger partial charge < -0.3 is 24.8 Å². The minimum atomic E-state index is -0.715. The Morgan fingerprint density at radius 2 is 1.62 bits per heavy atom. The highest BCUT2D eigenvalue weighted by atomic mass is 16.5. The van der Waals surface area contributed by atoms with Crippen LogP contribution in [0.2, 0.25) is 0 Å². The quantitative estimate of drug-likeness (QED) is 0.632. The van der Waals surface area contributed by atoms with Crippen LogP contribution in [0, 0.1) is 5.92 Å². The van der Waals surface area contributed by atoms with Gasteiger partial charge >= 0.3 is 11.8 Å². The number of benzene rings is 2. The summed E-state index contributed by atoms with van der Waals surface area (Å²) in [5, 5.41) is 5.19. The van der Waals surface area contributed by atoms with Crippen LogP contribution in [0.3, 0.4) is 0 Å². The number of carbonyl (C=O) groups is 2. The van der Waals surface area contributed by atoms with E-state index in [2.05, 4.69) is 24.5 Å². The van der Waals surface area contributed by atoms with Crippen molar-refractivity contribution in [3.63, 3.8) is 0 Å². The number of hydrogen-bond donors (Lipinski definition) is 2. The molecule has 0 heterocycles. The predicted molar refractivity (Wildman–Crippen MR) is 112 cm³/mol. The lowest BCUT2D eigenvalue weighted by molar-refractivity contribution is -0.136. The second-order valence-electron chi connectivity index (χ2n) is 6.88. The first-order chi connectivity index (χ1) is 13.9. The zero-order chi connectivity index (χ0) is 21.2. The molecule has 2 aromatic carbocycles. The number of anilines is 1. The molecule has 0 aromatic heterocycles. The van der Waals surface area contributed by atoms with E-state index in [-0.39, 0.29) is 0 Å². The van der Waals surface area contributed by atoms with Gasteiger partial charge in [-0.05, 0) is 54.3 Å². The normalized spacial score (nSPS) is 10.4. The summed E-state index contributed by atoms with van der Waals surface area (Å²) in [4.78, 5) is 24.1. The lowest BCUT2D eigenvalue weighted by Crippen LogP contribution is -2.36. The Labute approximate surface area is 171 Å². The van der Waals surface area contributed by atoms with Crippen molar-refractivity contribution in [1.29, 1.82) is 0 Å². The topological polar surface area (TPSA) is 85.9 Å². The number of methoxy groups -OCH3 is 2. The zero-order valence-electron chi connectivity index (χ0n) is 17.3. The van der Waals surface area contributed by atoms with Crippen molar-refractivity contribution in [2.75, 3.05) is 32.7 Å². The molecule has 0 atom stereocenters. The molecule has 0 bridgehead atoms. The number of amides is 2. The van der Waals surface area contributed by atoms with Gasteiger partial charge in [-0.3, -0.25) is 9.59 Å². The fourth-order valence-electron chi connectivity index (χ4n) is 2.52. The average Bonchev–Trinajstić information content (AvgIpc) is 2.72. The molecular weight excluding hydrogens is 372 g/mol. The Kier molecular flexibility index (Phi) is 8.33. The molecule has 156 valence electrons. The monoisotopic (exact) mass is 400 g/mol. The maximum Gasteiger partial charge on any atom is 0.313 e. The van der Waals surface area contributed by atoms with E-state index in [1.54, 1.807) is 44.6 Å². The first-order valence-corrected chi connectivity index (χ1v) is 9.46. The summed E-state index contributed by atoms with van der Waals surface area (Å²) in [6.45, 7) is 5.08. The number of carbonyl (C=O) groups excluding carboxylic acids is 2. The fourth-order valence-corrected chi connectivity index (χ4v) is 2.52. The van der Waals surface area contributed by atoms with Gasteiger partial charge in [0.25, 0.3) is 0 Å². The van der Waals surface area contributed by atoms with E-state index in [0.29, 0.717) is 42.7 Å². The van der Waals surface area contributed by atoms with Gasteiger partial charge in [-0.25, -0.2) is 0 Å². The molecule has 0 fully saturated rings. The Morgan fingerprint density at radius 1 is 0.931 bits per heavy atom. The molecule has 29 heavy (non-hydrogen) atoms. The maximum atomic E-state index is 12.0. The van der Waals surface area contributed by atoms with Gasteiger partial charge in [-0.2, -0.15) is 0 Å². The SMILES string of the molecule is COc1ccc(CCNC(=O)C(=O)Nc2ccc(OCC(C)C)cc2)cc1OC. The zero-order valence-corrected chi connectivity index (χ0v) is 17.3. The number of rotatable bonds is 9. The molecule has 2 amide bonds. The molecule has 0 spiro atoms. The van der Waals surface area contributed by atoms with Crippen LogP contribution in [-0.4, -0.2) is 39.2 Å². The van der Waals surface area contributed by atoms with Crippen LogP contribution in [0.5, 0.6) is 17.2 Å². The van der Waals surface area contributed by atoms with Crippen molar-refractivity contribution < 1.29 is 23.8 Å². The molecule has 0 saturated heterocycles. The van der Waals surface area contributed by atoms with Crippen LogP contribution in [0.1, 0.15) is 19.4 Å². The Bertz CT molecular complexity index is 818. The van der Waals surface area contributed by atoms with Crippen molar-refractivity contribution in [1.82, 2.24) is 5.32 Å². The smallest absolute Gasteiger partial charge is 0.313 e. The number of ether oxygens (including phenoxy) is 3. The van der Waals surface area contributed by atoms with Crippen LogP contribution in [0.15, 0.2) is 42.5 Å². The minimum absolute atomic E-state index is 0.323. The van der Waals surface area contributed by atoms with E-state index < -0.39 is 11.8 Å². The standard InChI is InChI=1S/C22H28N2O5/c1-15(2)14-29-18-8-6-17(7-9-18)24-22(26)21(25)23-12-11-16-5-10-19(27-3)20(13-16)28-4/h5-10,13,15H,11-12,14H2,1-4H3,(H,23,25)(H,24,26). The van der Waals surface area contributed by atoms with E-state index in [9.17, 15) is 9.59 Å². The highest BCUT2D eigenvalue weighted by Gasteiger charge is 2.13. The van der Waals surface area contributed by atoms with Crippen molar-refractivity contribution in [2.24, 2.45) is 5.92 Å². The van der Waals surface area contributed by atoms with Crippen LogP contribution >= 0.6 is 0 Å². The predicted octanol–water partition coefficient (Wildman–Crippen LogP) is 3.04. The van der Waals surface area contributed by atoms with E-state index in [1.807, 2.05) is 12.1 Å². The summed E-state index contributed by atoms with van der Waals surface area (Å²) in [6.07, 6.45) is 0.557. The minimum Gasteiger partial charge on any atom is -0.493 e. The molecule has 0 aliphatic heterocycles. The third-order valence-electron chi connectivity index (χ3n) is 4.05. The van der Waals surface area contributed by atoms with E-state index >= 15 is 0 Å². The lowest BCUT2D eigenvalue weighted by Gasteiger charge is -2.11. The van der Waals surface area contributed by atoms with Gasteiger partial charge in [0.2, 0.25) is 0 Å². The van der Waals surface area contributed by atoms with Gasteiger partial charge in [-0.15, -0.1) is 0 Å². The Hall–Kier alpha value is -3.22. The van der Waals surface area contributed by atoms with E-state index in [1.165, 1.54) is 0 Å². The van der Waals surface area contributed by atoms with Gasteiger partial charge in [0.15, 0.2) is 11.5 Å². The molecule has 0 saturated carbocycles. The summed E-state index contributed by atoms with van der Waals surface area (Å²) < 4.78 is 16.0. The van der Waals surface area contributed by atoms with Crippen LogP contribution < -0.4 is 24.8 Å². The Morgan fingerprint density at radius 3 is 2.24 bits per heavy atom. The average molecular weight is 400 g/mol. The second-order valence-corrected chi connectivity index (χ2v) is 6.88. The molecule has 2 N–H and O–H groups in total. The summed E-state index contributed by atoms with van der Waals surface area (Å²) in [7, 11) is 3.14. The molecule has 0 aliphatic rings.